The second-order valence-corrected chi connectivity index (χ2v) is 5.91. The molecule has 0 unspecified atom stereocenters. The van der Waals surface area contributed by atoms with Gasteiger partial charge >= 0.3 is 0 Å². The predicted molar refractivity (Wildman–Crippen MR) is 84.5 cm³/mol. The predicted octanol–water partition coefficient (Wildman–Crippen LogP) is 1.82. The zero-order valence-electron chi connectivity index (χ0n) is 12.9. The number of nitrogens with two attached hydrogens (primary N) is 1. The number of nitrogens with one attached hydrogen (secondary N) is 1. The van der Waals surface area contributed by atoms with Crippen molar-refractivity contribution in [2.24, 2.45) is 0 Å². The van der Waals surface area contributed by atoms with E-state index in [1.165, 1.54) is 6.20 Å². The number of nitrogens with zero attached hydrogens (tertiary/aromatic N) is 2. The highest BCUT2D eigenvalue weighted by Gasteiger charge is 2.23. The van der Waals surface area contributed by atoms with Gasteiger partial charge in [-0.05, 0) is 44.9 Å². The molecule has 1 aromatic carbocycles. The van der Waals surface area contributed by atoms with Crippen molar-refractivity contribution in [1.29, 1.82) is 0 Å². The van der Waals surface area contributed by atoms with Gasteiger partial charge in [0.2, 0.25) is 5.95 Å². The number of aromatic hydroxyl groups is 1. The smallest absolute Gasteiger partial charge is 0.255 e. The Morgan fingerprint density at radius 1 is 1.32 bits per heavy atom. The third kappa shape index (κ3) is 3.94. The summed E-state index contributed by atoms with van der Waals surface area (Å²) in [5, 5.41) is 12.3. The van der Waals surface area contributed by atoms with E-state index < -0.39 is 5.54 Å². The number of carbonyl (C=O) groups excluding carboxylic acids is 1. The van der Waals surface area contributed by atoms with E-state index in [0.717, 1.165) is 5.56 Å². The van der Waals surface area contributed by atoms with Gasteiger partial charge < -0.3 is 16.2 Å². The molecular formula is C16H20N4O2. The average molecular weight is 300 g/mol. The van der Waals surface area contributed by atoms with E-state index in [2.05, 4.69) is 15.3 Å². The van der Waals surface area contributed by atoms with Crippen LogP contribution in [0.1, 0.15) is 35.5 Å². The Balaban J connectivity index is 2.10. The number of benzene rings is 1. The number of aryl methyl sites for hydroxylation is 1. The first kappa shape index (κ1) is 15.8. The van der Waals surface area contributed by atoms with Gasteiger partial charge in [0, 0.05) is 11.7 Å². The summed E-state index contributed by atoms with van der Waals surface area (Å²) in [6, 6.07) is 6.93. The fraction of sp³-hybridized carbons (Fsp3) is 0.312. The van der Waals surface area contributed by atoms with E-state index >= 15 is 0 Å². The summed E-state index contributed by atoms with van der Waals surface area (Å²) in [5.41, 5.74) is 7.02. The lowest BCUT2D eigenvalue weighted by Crippen LogP contribution is -2.45. The standard InChI is InChI=1S/C16H20N4O2/c1-10-13(9-18-15(17)19-10)14(22)20-16(2,3)8-11-4-6-12(21)7-5-11/h4-7,9,21H,8H2,1-3H3,(H,20,22)(H2,17,18,19). The fourth-order valence-corrected chi connectivity index (χ4v) is 2.25. The zero-order valence-corrected chi connectivity index (χ0v) is 12.9. The molecule has 0 spiro atoms. The maximum Gasteiger partial charge on any atom is 0.255 e. The van der Waals surface area contributed by atoms with Crippen LogP contribution in [0.15, 0.2) is 30.5 Å². The lowest BCUT2D eigenvalue weighted by atomic mass is 9.94. The minimum absolute atomic E-state index is 0.150. The Morgan fingerprint density at radius 3 is 2.55 bits per heavy atom. The van der Waals surface area contributed by atoms with E-state index in [0.29, 0.717) is 17.7 Å². The van der Waals surface area contributed by atoms with Crippen molar-refractivity contribution in [3.63, 3.8) is 0 Å². The molecule has 0 bridgehead atoms. The Kier molecular flexibility index (Phi) is 4.30. The molecule has 0 radical (unpaired) electrons. The van der Waals surface area contributed by atoms with Crippen LogP contribution in [-0.2, 0) is 6.42 Å². The number of hydrogen-bond donors (Lipinski definition) is 3. The maximum absolute atomic E-state index is 12.4. The highest BCUT2D eigenvalue weighted by atomic mass is 16.3. The van der Waals surface area contributed by atoms with Crippen LogP contribution in [0.5, 0.6) is 5.75 Å². The normalized spacial score (nSPS) is 11.2. The van der Waals surface area contributed by atoms with Crippen molar-refractivity contribution in [3.8, 4) is 5.75 Å². The lowest BCUT2D eigenvalue weighted by Gasteiger charge is -2.26. The molecule has 4 N–H and O–H groups in total. The highest BCUT2D eigenvalue weighted by Crippen LogP contribution is 2.17. The number of phenolic OH excluding ortho intramolecular Hbond substituents is 1. The molecule has 2 aromatic rings. The third-order valence-corrected chi connectivity index (χ3v) is 3.28. The summed E-state index contributed by atoms with van der Waals surface area (Å²) in [5.74, 6) is 0.138. The molecule has 0 aliphatic rings. The van der Waals surface area contributed by atoms with E-state index in [1.54, 1.807) is 19.1 Å². The number of rotatable bonds is 4. The number of anilines is 1. The second kappa shape index (κ2) is 6.01. The first-order valence-electron chi connectivity index (χ1n) is 6.96. The van der Waals surface area contributed by atoms with Crippen LogP contribution in [0.2, 0.25) is 0 Å². The topological polar surface area (TPSA) is 101 Å². The molecule has 1 amide bonds. The number of carbonyl (C=O) groups is 1. The van der Waals surface area contributed by atoms with Crippen LogP contribution >= 0.6 is 0 Å². The summed E-state index contributed by atoms with van der Waals surface area (Å²) in [6.45, 7) is 5.59. The van der Waals surface area contributed by atoms with Gasteiger partial charge in [-0.3, -0.25) is 4.79 Å². The van der Waals surface area contributed by atoms with Crippen LogP contribution in [0.25, 0.3) is 0 Å². The molecule has 0 fully saturated rings. The van der Waals surface area contributed by atoms with Gasteiger partial charge in [0.05, 0.1) is 11.3 Å². The molecule has 1 heterocycles. The summed E-state index contributed by atoms with van der Waals surface area (Å²) >= 11 is 0. The van der Waals surface area contributed by atoms with Crippen molar-refractivity contribution in [2.75, 3.05) is 5.73 Å². The van der Waals surface area contributed by atoms with Crippen molar-refractivity contribution >= 4 is 11.9 Å². The van der Waals surface area contributed by atoms with Gasteiger partial charge in [-0.2, -0.15) is 0 Å². The van der Waals surface area contributed by atoms with Crippen molar-refractivity contribution in [2.45, 2.75) is 32.7 Å². The van der Waals surface area contributed by atoms with Gasteiger partial charge in [0.15, 0.2) is 0 Å². The van der Waals surface area contributed by atoms with Gasteiger partial charge in [0.25, 0.3) is 5.91 Å². The van der Waals surface area contributed by atoms with Gasteiger partial charge in [-0.15, -0.1) is 0 Å². The molecule has 6 nitrogen and oxygen atoms in total. The molecular weight excluding hydrogens is 280 g/mol. The summed E-state index contributed by atoms with van der Waals surface area (Å²) in [7, 11) is 0. The molecule has 1 aromatic heterocycles. The zero-order chi connectivity index (χ0) is 16.3. The maximum atomic E-state index is 12.4. The molecule has 2 rings (SSSR count). The van der Waals surface area contributed by atoms with Crippen LogP contribution in [0.4, 0.5) is 5.95 Å². The average Bonchev–Trinajstić information content (AvgIpc) is 2.40. The largest absolute Gasteiger partial charge is 0.508 e. The molecule has 0 saturated carbocycles. The number of nitrogen functional groups attached to an aromatic ring is 1. The summed E-state index contributed by atoms with van der Waals surface area (Å²) < 4.78 is 0. The molecule has 0 aliphatic carbocycles. The molecule has 0 aliphatic heterocycles. The number of amides is 1. The molecule has 0 saturated heterocycles. The fourth-order valence-electron chi connectivity index (χ4n) is 2.25. The highest BCUT2D eigenvalue weighted by molar-refractivity contribution is 5.95. The molecule has 6 heteroatoms. The molecule has 22 heavy (non-hydrogen) atoms. The van der Waals surface area contributed by atoms with E-state index in [4.69, 9.17) is 5.73 Å². The van der Waals surface area contributed by atoms with Crippen LogP contribution in [0.3, 0.4) is 0 Å². The van der Waals surface area contributed by atoms with E-state index in [1.807, 2.05) is 26.0 Å². The van der Waals surface area contributed by atoms with Crippen molar-refractivity contribution in [3.05, 3.63) is 47.3 Å². The third-order valence-electron chi connectivity index (χ3n) is 3.28. The number of hydrogen-bond acceptors (Lipinski definition) is 5. The van der Waals surface area contributed by atoms with Crippen LogP contribution in [0, 0.1) is 6.92 Å². The minimum Gasteiger partial charge on any atom is -0.508 e. The molecule has 116 valence electrons. The second-order valence-electron chi connectivity index (χ2n) is 5.91. The monoisotopic (exact) mass is 300 g/mol. The Hall–Kier alpha value is -2.63. The van der Waals surface area contributed by atoms with Crippen molar-refractivity contribution in [1.82, 2.24) is 15.3 Å². The Labute approximate surface area is 129 Å². The van der Waals surface area contributed by atoms with Crippen LogP contribution in [-0.4, -0.2) is 26.5 Å². The van der Waals surface area contributed by atoms with Crippen molar-refractivity contribution < 1.29 is 9.90 Å². The first-order valence-corrected chi connectivity index (χ1v) is 6.96. The first-order chi connectivity index (χ1) is 10.3. The lowest BCUT2D eigenvalue weighted by molar-refractivity contribution is 0.0911. The SMILES string of the molecule is Cc1nc(N)ncc1C(=O)NC(C)(C)Cc1ccc(O)cc1. The molecule has 0 atom stereocenters. The van der Waals surface area contributed by atoms with E-state index in [-0.39, 0.29) is 17.6 Å². The number of phenols is 1. The Morgan fingerprint density at radius 2 is 1.95 bits per heavy atom. The Bertz CT molecular complexity index is 681. The minimum atomic E-state index is -0.456. The van der Waals surface area contributed by atoms with Gasteiger partial charge in [-0.1, -0.05) is 12.1 Å². The van der Waals surface area contributed by atoms with Gasteiger partial charge in [0.1, 0.15) is 5.75 Å². The summed E-state index contributed by atoms with van der Waals surface area (Å²) in [6.07, 6.45) is 2.07. The quantitative estimate of drug-likeness (QED) is 0.799. The van der Waals surface area contributed by atoms with Crippen LogP contribution < -0.4 is 11.1 Å². The number of aromatic nitrogens is 2. The van der Waals surface area contributed by atoms with Gasteiger partial charge in [-0.25, -0.2) is 9.97 Å². The van der Waals surface area contributed by atoms with E-state index in [9.17, 15) is 9.90 Å². The summed E-state index contributed by atoms with van der Waals surface area (Å²) in [4.78, 5) is 20.2.